The molecule has 1 heterocycles. The molecule has 2 N–H and O–H groups in total. The minimum Gasteiger partial charge on any atom is -0.383 e. The zero-order valence-electron chi connectivity index (χ0n) is 12.6. The van der Waals surface area contributed by atoms with Crippen LogP contribution >= 0.6 is 0 Å². The molecule has 0 fully saturated rings. The normalized spacial score (nSPS) is 10.3. The van der Waals surface area contributed by atoms with E-state index in [2.05, 4.69) is 15.6 Å². The molecule has 116 valence electrons. The molecule has 0 aliphatic heterocycles. The number of nitrogens with one attached hydrogen (secondary N) is 2. The average Bonchev–Trinajstić information content (AvgIpc) is 2.55. The average molecular weight is 301 g/mol. The highest BCUT2D eigenvalue weighted by Crippen LogP contribution is 2.09. The van der Waals surface area contributed by atoms with Gasteiger partial charge in [0.1, 0.15) is 11.5 Å². The number of nitrogens with zero attached hydrogens (tertiary/aromatic N) is 1. The Morgan fingerprint density at radius 2 is 2.00 bits per heavy atom. The van der Waals surface area contributed by atoms with Gasteiger partial charge < -0.3 is 10.6 Å². The van der Waals surface area contributed by atoms with Gasteiger partial charge in [0.05, 0.1) is 11.9 Å². The minimum absolute atomic E-state index is 0.167. The van der Waals surface area contributed by atoms with Crippen molar-refractivity contribution in [2.24, 2.45) is 0 Å². The van der Waals surface area contributed by atoms with Gasteiger partial charge in [-0.2, -0.15) is 0 Å². The number of rotatable bonds is 7. The maximum absolute atomic E-state index is 13.5. The van der Waals surface area contributed by atoms with Crippen molar-refractivity contribution in [2.45, 2.75) is 19.8 Å². The van der Waals surface area contributed by atoms with Crippen LogP contribution in [0.3, 0.4) is 0 Å². The smallest absolute Gasteiger partial charge is 0.269 e. The third kappa shape index (κ3) is 4.55. The Bertz CT molecular complexity index is 614. The van der Waals surface area contributed by atoms with Crippen LogP contribution in [0.2, 0.25) is 0 Å². The Morgan fingerprint density at radius 1 is 1.18 bits per heavy atom. The summed E-state index contributed by atoms with van der Waals surface area (Å²) < 4.78 is 13.5. The van der Waals surface area contributed by atoms with Crippen LogP contribution in [0.5, 0.6) is 0 Å². The second-order valence-electron chi connectivity index (χ2n) is 4.96. The highest BCUT2D eigenvalue weighted by Gasteiger charge is 2.06. The van der Waals surface area contributed by atoms with E-state index in [9.17, 15) is 9.18 Å². The Hall–Kier alpha value is -2.43. The number of anilines is 1. The first-order valence-corrected chi connectivity index (χ1v) is 7.42. The second kappa shape index (κ2) is 8.12. The zero-order valence-corrected chi connectivity index (χ0v) is 12.6. The van der Waals surface area contributed by atoms with Crippen molar-refractivity contribution in [2.75, 3.05) is 18.4 Å². The summed E-state index contributed by atoms with van der Waals surface area (Å²) in [7, 11) is 0. The molecule has 0 radical (unpaired) electrons. The maximum atomic E-state index is 13.5. The Balaban J connectivity index is 1.84. The predicted octanol–water partition coefficient (Wildman–Crippen LogP) is 3.02. The SMILES string of the molecule is CCCNC(=O)c1ccc(NCCc2ccccc2F)cn1. The first-order chi connectivity index (χ1) is 10.7. The summed E-state index contributed by atoms with van der Waals surface area (Å²) in [6.45, 7) is 3.24. The number of hydrogen-bond acceptors (Lipinski definition) is 3. The standard InChI is InChI=1S/C17H20FN3O/c1-2-10-20-17(22)16-8-7-14(12-21-16)19-11-9-13-5-3-4-6-15(13)18/h3-8,12,19H,2,9-11H2,1H3,(H,20,22). The van der Waals surface area contributed by atoms with Crippen LogP contribution < -0.4 is 10.6 Å². The molecule has 0 aliphatic carbocycles. The van der Waals surface area contributed by atoms with Crippen molar-refractivity contribution in [3.05, 3.63) is 59.7 Å². The van der Waals surface area contributed by atoms with E-state index in [1.165, 1.54) is 6.07 Å². The van der Waals surface area contributed by atoms with Gasteiger partial charge in [0, 0.05) is 13.1 Å². The van der Waals surface area contributed by atoms with Gasteiger partial charge in [-0.1, -0.05) is 25.1 Å². The molecule has 0 unspecified atom stereocenters. The molecule has 0 saturated heterocycles. The van der Waals surface area contributed by atoms with Gasteiger partial charge in [-0.3, -0.25) is 4.79 Å². The summed E-state index contributed by atoms with van der Waals surface area (Å²) in [4.78, 5) is 15.8. The fourth-order valence-electron chi connectivity index (χ4n) is 2.00. The Kier molecular flexibility index (Phi) is 5.89. The highest BCUT2D eigenvalue weighted by molar-refractivity contribution is 5.92. The summed E-state index contributed by atoms with van der Waals surface area (Å²) in [6.07, 6.45) is 3.09. The number of aromatic nitrogens is 1. The molecule has 2 rings (SSSR count). The second-order valence-corrected chi connectivity index (χ2v) is 4.96. The van der Waals surface area contributed by atoms with Gasteiger partial charge in [-0.15, -0.1) is 0 Å². The van der Waals surface area contributed by atoms with Crippen LogP contribution in [0, 0.1) is 5.82 Å². The predicted molar refractivity (Wildman–Crippen MR) is 85.5 cm³/mol. The van der Waals surface area contributed by atoms with Crippen LogP contribution in [-0.2, 0) is 6.42 Å². The Labute approximate surface area is 129 Å². The number of pyridine rings is 1. The van der Waals surface area contributed by atoms with Crippen molar-refractivity contribution in [3.8, 4) is 0 Å². The monoisotopic (exact) mass is 301 g/mol. The molecule has 0 saturated carbocycles. The Morgan fingerprint density at radius 3 is 2.68 bits per heavy atom. The van der Waals surface area contributed by atoms with Crippen LogP contribution in [0.15, 0.2) is 42.6 Å². The van der Waals surface area contributed by atoms with Crippen molar-refractivity contribution in [3.63, 3.8) is 0 Å². The van der Waals surface area contributed by atoms with Gasteiger partial charge in [0.15, 0.2) is 0 Å². The molecule has 2 aromatic rings. The minimum atomic E-state index is -0.189. The van der Waals surface area contributed by atoms with Crippen molar-refractivity contribution < 1.29 is 9.18 Å². The summed E-state index contributed by atoms with van der Waals surface area (Å²) in [5.41, 5.74) is 1.88. The fraction of sp³-hybridized carbons (Fsp3) is 0.294. The van der Waals surface area contributed by atoms with Gasteiger partial charge in [-0.05, 0) is 36.6 Å². The molecule has 0 atom stereocenters. The largest absolute Gasteiger partial charge is 0.383 e. The lowest BCUT2D eigenvalue weighted by Crippen LogP contribution is -2.24. The first-order valence-electron chi connectivity index (χ1n) is 7.42. The van der Waals surface area contributed by atoms with E-state index >= 15 is 0 Å². The quantitative estimate of drug-likeness (QED) is 0.826. The number of hydrogen-bond donors (Lipinski definition) is 2. The molecule has 1 amide bonds. The molecule has 0 bridgehead atoms. The van der Waals surface area contributed by atoms with E-state index in [0.717, 1.165) is 12.1 Å². The number of carbonyl (C=O) groups excluding carboxylic acids is 1. The van der Waals surface area contributed by atoms with Crippen LogP contribution in [0.1, 0.15) is 29.4 Å². The molecular formula is C17H20FN3O. The zero-order chi connectivity index (χ0) is 15.8. The van der Waals surface area contributed by atoms with Crippen molar-refractivity contribution in [1.82, 2.24) is 10.3 Å². The molecule has 1 aromatic heterocycles. The van der Waals surface area contributed by atoms with Crippen LogP contribution in [0.4, 0.5) is 10.1 Å². The molecule has 4 nitrogen and oxygen atoms in total. The van der Waals surface area contributed by atoms with Crippen LogP contribution in [-0.4, -0.2) is 24.0 Å². The summed E-state index contributed by atoms with van der Waals surface area (Å²) in [5, 5.41) is 5.94. The van der Waals surface area contributed by atoms with Gasteiger partial charge in [-0.25, -0.2) is 9.37 Å². The topological polar surface area (TPSA) is 54.0 Å². The molecule has 1 aromatic carbocycles. The number of carbonyl (C=O) groups is 1. The fourth-order valence-corrected chi connectivity index (χ4v) is 2.00. The lowest BCUT2D eigenvalue weighted by molar-refractivity contribution is 0.0949. The molecular weight excluding hydrogens is 281 g/mol. The summed E-state index contributed by atoms with van der Waals surface area (Å²) >= 11 is 0. The molecule has 0 aliphatic rings. The van der Waals surface area contributed by atoms with E-state index in [-0.39, 0.29) is 11.7 Å². The summed E-state index contributed by atoms with van der Waals surface area (Å²) in [5.74, 6) is -0.356. The number of benzene rings is 1. The van der Waals surface area contributed by atoms with Gasteiger partial charge in [0.2, 0.25) is 0 Å². The lowest BCUT2D eigenvalue weighted by Gasteiger charge is -2.08. The van der Waals surface area contributed by atoms with E-state index in [4.69, 9.17) is 0 Å². The van der Waals surface area contributed by atoms with Gasteiger partial charge in [0.25, 0.3) is 5.91 Å². The highest BCUT2D eigenvalue weighted by atomic mass is 19.1. The van der Waals surface area contributed by atoms with Crippen molar-refractivity contribution >= 4 is 11.6 Å². The number of halogens is 1. The van der Waals surface area contributed by atoms with E-state index in [1.807, 2.05) is 13.0 Å². The third-order valence-electron chi connectivity index (χ3n) is 3.21. The van der Waals surface area contributed by atoms with E-state index in [0.29, 0.717) is 30.8 Å². The third-order valence-corrected chi connectivity index (χ3v) is 3.21. The summed E-state index contributed by atoms with van der Waals surface area (Å²) in [6, 6.07) is 10.2. The lowest BCUT2D eigenvalue weighted by atomic mass is 10.1. The van der Waals surface area contributed by atoms with Gasteiger partial charge >= 0.3 is 0 Å². The van der Waals surface area contributed by atoms with Crippen molar-refractivity contribution in [1.29, 1.82) is 0 Å². The first kappa shape index (κ1) is 15.9. The number of amides is 1. The van der Waals surface area contributed by atoms with E-state index < -0.39 is 0 Å². The maximum Gasteiger partial charge on any atom is 0.269 e. The van der Waals surface area contributed by atoms with Crippen LogP contribution in [0.25, 0.3) is 0 Å². The molecule has 5 heteroatoms. The molecule has 22 heavy (non-hydrogen) atoms. The van der Waals surface area contributed by atoms with E-state index in [1.54, 1.807) is 30.5 Å². The molecule has 0 spiro atoms.